The maximum Gasteiger partial charge on any atom is 0.280 e. The zero-order valence-corrected chi connectivity index (χ0v) is 17.5. The van der Waals surface area contributed by atoms with Crippen LogP contribution in [0.1, 0.15) is 25.3 Å². The number of nitrogens with zero attached hydrogens (tertiary/aromatic N) is 2. The van der Waals surface area contributed by atoms with Crippen LogP contribution in [-0.4, -0.2) is 56.1 Å². The number of piperazine rings is 1. The van der Waals surface area contributed by atoms with Gasteiger partial charge < -0.3 is 9.80 Å². The third-order valence-electron chi connectivity index (χ3n) is 6.72. The van der Waals surface area contributed by atoms with Gasteiger partial charge in [0.25, 0.3) is 11.7 Å². The Labute approximate surface area is 174 Å². The van der Waals surface area contributed by atoms with E-state index in [1.165, 1.54) is 16.3 Å². The van der Waals surface area contributed by atoms with Crippen LogP contribution in [0.25, 0.3) is 0 Å². The van der Waals surface area contributed by atoms with E-state index in [9.17, 15) is 4.79 Å². The molecule has 5 nitrogen and oxygen atoms in total. The van der Waals surface area contributed by atoms with E-state index in [2.05, 4.69) is 64.2 Å². The number of carbonyl (C=O) groups is 1. The number of aromatic nitrogens is 1. The van der Waals surface area contributed by atoms with Crippen molar-refractivity contribution in [3.8, 4) is 0 Å². The maximum atomic E-state index is 13.1. The molecule has 1 atom stereocenters. The van der Waals surface area contributed by atoms with Crippen LogP contribution >= 0.6 is 0 Å². The molecular formula is C24H34N4O+2. The lowest BCUT2D eigenvalue weighted by Crippen LogP contribution is -3.19. The molecule has 0 bridgehead atoms. The number of hydrogen-bond acceptors (Lipinski definition) is 2. The van der Waals surface area contributed by atoms with Crippen LogP contribution in [0.4, 0.5) is 5.82 Å². The van der Waals surface area contributed by atoms with E-state index in [4.69, 9.17) is 0 Å². The van der Waals surface area contributed by atoms with E-state index < -0.39 is 0 Å². The third-order valence-corrected chi connectivity index (χ3v) is 6.72. The molecule has 29 heavy (non-hydrogen) atoms. The fourth-order valence-corrected chi connectivity index (χ4v) is 4.80. The van der Waals surface area contributed by atoms with Crippen LogP contribution in [0, 0.1) is 5.92 Å². The van der Waals surface area contributed by atoms with Crippen LogP contribution in [-0.2, 0) is 11.2 Å². The minimum atomic E-state index is 0.0579. The van der Waals surface area contributed by atoms with Gasteiger partial charge in [0.05, 0.1) is 6.20 Å². The van der Waals surface area contributed by atoms with E-state index in [-0.39, 0.29) is 6.04 Å². The number of aromatic amines is 1. The fraction of sp³-hybridized carbons (Fsp3) is 0.500. The van der Waals surface area contributed by atoms with Crippen molar-refractivity contribution in [3.63, 3.8) is 0 Å². The Hall–Kier alpha value is -2.40. The standard InChI is InChI=1S/C24H32N4O/c1-20(26-15-17-27(18-16-26)23-9-5-6-12-25-23)24(29)28-13-10-22(11-14-28)19-21-7-3-2-4-8-21/h2-9,12,20,22H,10-11,13-19H2,1H3/p+2/t20-/m0/s1. The number of H-pyrrole nitrogens is 1. The number of amides is 1. The van der Waals surface area contributed by atoms with E-state index >= 15 is 0 Å². The lowest BCUT2D eigenvalue weighted by Gasteiger charge is -2.37. The van der Waals surface area contributed by atoms with Gasteiger partial charge in [-0.15, -0.1) is 0 Å². The Kier molecular flexibility index (Phi) is 6.45. The summed E-state index contributed by atoms with van der Waals surface area (Å²) >= 11 is 0. The molecule has 2 aromatic rings. The Balaban J connectivity index is 1.24. The topological polar surface area (TPSA) is 42.1 Å². The Bertz CT molecular complexity index is 766. The lowest BCUT2D eigenvalue weighted by molar-refractivity contribution is -0.915. The summed E-state index contributed by atoms with van der Waals surface area (Å²) in [5, 5.41) is 0. The molecule has 1 amide bonds. The van der Waals surface area contributed by atoms with Gasteiger partial charge in [0.15, 0.2) is 6.04 Å². The summed E-state index contributed by atoms with van der Waals surface area (Å²) in [7, 11) is 0. The van der Waals surface area contributed by atoms with Gasteiger partial charge in [-0.25, -0.2) is 4.98 Å². The highest BCUT2D eigenvalue weighted by Crippen LogP contribution is 2.22. The highest BCUT2D eigenvalue weighted by molar-refractivity contribution is 5.80. The number of rotatable bonds is 5. The van der Waals surface area contributed by atoms with Gasteiger partial charge in [-0.3, -0.25) is 9.69 Å². The first-order valence-electron chi connectivity index (χ1n) is 11.1. The molecule has 154 valence electrons. The molecule has 2 aliphatic heterocycles. The van der Waals surface area contributed by atoms with Crippen molar-refractivity contribution >= 4 is 11.7 Å². The van der Waals surface area contributed by atoms with Crippen LogP contribution in [0.15, 0.2) is 54.7 Å². The minimum absolute atomic E-state index is 0.0579. The number of likely N-dealkylation sites (tertiary alicyclic amines) is 1. The van der Waals surface area contributed by atoms with E-state index in [0.717, 1.165) is 58.5 Å². The second-order valence-electron chi connectivity index (χ2n) is 8.57. The SMILES string of the molecule is C[C@@H](C(=O)N1CCC(Cc2ccccc2)CC1)[NH+]1CCN(c2cccc[nH+]2)CC1. The third kappa shape index (κ3) is 4.96. The normalized spacial score (nSPS) is 19.9. The van der Waals surface area contributed by atoms with E-state index in [1.54, 1.807) is 0 Å². The molecule has 0 radical (unpaired) electrons. The van der Waals surface area contributed by atoms with Gasteiger partial charge in [0, 0.05) is 19.2 Å². The summed E-state index contributed by atoms with van der Waals surface area (Å²) in [6.45, 7) is 7.97. The monoisotopic (exact) mass is 394 g/mol. The molecule has 3 heterocycles. The zero-order valence-electron chi connectivity index (χ0n) is 17.5. The van der Waals surface area contributed by atoms with Crippen molar-refractivity contribution in [1.82, 2.24) is 4.90 Å². The highest BCUT2D eigenvalue weighted by atomic mass is 16.2. The van der Waals surface area contributed by atoms with Gasteiger partial charge in [-0.2, -0.15) is 0 Å². The predicted molar refractivity (Wildman–Crippen MR) is 115 cm³/mol. The number of nitrogens with one attached hydrogen (secondary N) is 2. The number of hydrogen-bond donors (Lipinski definition) is 1. The minimum Gasteiger partial charge on any atom is -0.338 e. The molecule has 0 spiro atoms. The molecule has 5 heteroatoms. The largest absolute Gasteiger partial charge is 0.338 e. The molecule has 1 aromatic heterocycles. The van der Waals surface area contributed by atoms with Crippen molar-refractivity contribution in [2.75, 3.05) is 44.2 Å². The summed E-state index contributed by atoms with van der Waals surface area (Å²) in [4.78, 5) is 22.3. The lowest BCUT2D eigenvalue weighted by atomic mass is 9.90. The Morgan fingerprint density at radius 3 is 2.38 bits per heavy atom. The van der Waals surface area contributed by atoms with Crippen molar-refractivity contribution in [2.24, 2.45) is 5.92 Å². The molecule has 0 unspecified atom stereocenters. The van der Waals surface area contributed by atoms with Crippen LogP contribution < -0.4 is 14.8 Å². The summed E-state index contributed by atoms with van der Waals surface area (Å²) in [5.74, 6) is 2.22. The number of anilines is 1. The first kappa shape index (κ1) is 19.9. The second kappa shape index (κ2) is 9.40. The summed E-state index contributed by atoms with van der Waals surface area (Å²) < 4.78 is 0. The van der Waals surface area contributed by atoms with Crippen molar-refractivity contribution < 1.29 is 14.7 Å². The number of carbonyl (C=O) groups excluding carboxylic acids is 1. The maximum absolute atomic E-state index is 13.1. The molecule has 2 fully saturated rings. The van der Waals surface area contributed by atoms with Gasteiger partial charge >= 0.3 is 0 Å². The molecule has 2 aliphatic rings. The second-order valence-corrected chi connectivity index (χ2v) is 8.57. The Morgan fingerprint density at radius 2 is 1.72 bits per heavy atom. The van der Waals surface area contributed by atoms with Gasteiger partial charge in [0.1, 0.15) is 26.2 Å². The summed E-state index contributed by atoms with van der Waals surface area (Å²) in [5.41, 5.74) is 1.42. The number of quaternary nitrogens is 1. The number of benzene rings is 1. The zero-order chi connectivity index (χ0) is 20.1. The van der Waals surface area contributed by atoms with Gasteiger partial charge in [-0.1, -0.05) is 36.4 Å². The van der Waals surface area contributed by atoms with Crippen LogP contribution in [0.3, 0.4) is 0 Å². The molecule has 2 saturated heterocycles. The number of piperidine rings is 1. The number of pyridine rings is 1. The summed E-state index contributed by atoms with van der Waals surface area (Å²) in [6.07, 6.45) is 5.37. The van der Waals surface area contributed by atoms with Gasteiger partial charge in [-0.05, 0) is 43.7 Å². The average Bonchev–Trinajstić information content (AvgIpc) is 2.80. The van der Waals surface area contributed by atoms with Crippen molar-refractivity contribution in [3.05, 3.63) is 60.3 Å². The first-order chi connectivity index (χ1) is 14.2. The van der Waals surface area contributed by atoms with Crippen molar-refractivity contribution in [1.29, 1.82) is 0 Å². The van der Waals surface area contributed by atoms with E-state index in [1.807, 2.05) is 12.3 Å². The Morgan fingerprint density at radius 1 is 1.03 bits per heavy atom. The molecule has 2 N–H and O–H groups in total. The van der Waals surface area contributed by atoms with E-state index in [0.29, 0.717) is 11.8 Å². The smallest absolute Gasteiger partial charge is 0.280 e. The predicted octanol–water partition coefficient (Wildman–Crippen LogP) is 1.08. The quantitative estimate of drug-likeness (QED) is 0.825. The van der Waals surface area contributed by atoms with Crippen LogP contribution in [0.5, 0.6) is 0 Å². The molecule has 1 aromatic carbocycles. The average molecular weight is 395 g/mol. The summed E-state index contributed by atoms with van der Waals surface area (Å²) in [6, 6.07) is 17.0. The molecule has 4 rings (SSSR count). The molecule has 0 saturated carbocycles. The first-order valence-corrected chi connectivity index (χ1v) is 11.1. The van der Waals surface area contributed by atoms with Gasteiger partial charge in [0.2, 0.25) is 0 Å². The fourth-order valence-electron chi connectivity index (χ4n) is 4.80. The molecular weight excluding hydrogens is 360 g/mol. The highest BCUT2D eigenvalue weighted by Gasteiger charge is 2.35. The van der Waals surface area contributed by atoms with Crippen LogP contribution in [0.2, 0.25) is 0 Å². The van der Waals surface area contributed by atoms with Crippen molar-refractivity contribution in [2.45, 2.75) is 32.2 Å². The molecule has 0 aliphatic carbocycles.